The van der Waals surface area contributed by atoms with Crippen molar-refractivity contribution in [3.05, 3.63) is 30.1 Å². The highest BCUT2D eigenvalue weighted by Crippen LogP contribution is 2.03. The van der Waals surface area contributed by atoms with Crippen LogP contribution in [0.15, 0.2) is 29.6 Å². The average molecular weight is 289 g/mol. The first kappa shape index (κ1) is 15.1. The van der Waals surface area contributed by atoms with Gasteiger partial charge in [0.25, 0.3) is 0 Å². The van der Waals surface area contributed by atoms with Crippen molar-refractivity contribution in [3.63, 3.8) is 0 Å². The Labute approximate surface area is 123 Å². The molecule has 112 valence electrons. The summed E-state index contributed by atoms with van der Waals surface area (Å²) in [5.41, 5.74) is 4.06. The monoisotopic (exact) mass is 289 g/mol. The number of hydrogen-bond donors (Lipinski definition) is 2. The van der Waals surface area contributed by atoms with E-state index in [2.05, 4.69) is 25.7 Å². The van der Waals surface area contributed by atoms with Crippen LogP contribution in [-0.4, -0.2) is 47.5 Å². The Hall–Kier alpha value is -2.28. The van der Waals surface area contributed by atoms with Crippen LogP contribution in [0.3, 0.4) is 0 Å². The van der Waals surface area contributed by atoms with Gasteiger partial charge in [-0.3, -0.25) is 14.6 Å². The fourth-order valence-electron chi connectivity index (χ4n) is 1.93. The molecule has 0 spiro atoms. The minimum Gasteiger partial charge on any atom is -0.344 e. The van der Waals surface area contributed by atoms with Crippen molar-refractivity contribution in [2.75, 3.05) is 20.1 Å². The number of carbonyl (C=O) groups excluding carboxylic acids is 2. The number of amides is 2. The molecule has 0 unspecified atom stereocenters. The third-order valence-corrected chi connectivity index (χ3v) is 3.26. The zero-order valence-corrected chi connectivity index (χ0v) is 12.0. The predicted octanol–water partition coefficient (Wildman–Crippen LogP) is -0.104. The van der Waals surface area contributed by atoms with Crippen LogP contribution < -0.4 is 10.7 Å². The van der Waals surface area contributed by atoms with Crippen molar-refractivity contribution in [1.29, 1.82) is 0 Å². The smallest absolute Gasteiger partial charge is 0.329 e. The molecule has 7 nitrogen and oxygen atoms in total. The van der Waals surface area contributed by atoms with Crippen LogP contribution >= 0.6 is 0 Å². The lowest BCUT2D eigenvalue weighted by Gasteiger charge is -2.22. The van der Waals surface area contributed by atoms with E-state index in [1.807, 2.05) is 13.1 Å². The number of likely N-dealkylation sites (tertiary alicyclic amines) is 1. The maximum atomic E-state index is 11.6. The predicted molar refractivity (Wildman–Crippen MR) is 78.4 cm³/mol. The molecular weight excluding hydrogens is 270 g/mol. The van der Waals surface area contributed by atoms with Crippen LogP contribution in [0.2, 0.25) is 0 Å². The topological polar surface area (TPSA) is 86.7 Å². The van der Waals surface area contributed by atoms with Gasteiger partial charge < -0.3 is 10.2 Å². The number of piperidine rings is 1. The molecule has 0 aliphatic carbocycles. The summed E-state index contributed by atoms with van der Waals surface area (Å²) in [6.07, 6.45) is 4.91. The second-order valence-electron chi connectivity index (χ2n) is 4.97. The molecule has 0 radical (unpaired) electrons. The molecule has 2 amide bonds. The van der Waals surface area contributed by atoms with Gasteiger partial charge in [0.1, 0.15) is 0 Å². The van der Waals surface area contributed by atoms with Gasteiger partial charge in [-0.05, 0) is 18.7 Å². The lowest BCUT2D eigenvalue weighted by Crippen LogP contribution is -2.38. The van der Waals surface area contributed by atoms with Crippen LogP contribution in [0, 0.1) is 0 Å². The SMILES string of the molecule is CN1CCC(=NNC(=O)C(=O)NCc2cccnc2)CC1. The van der Waals surface area contributed by atoms with Crippen molar-refractivity contribution in [1.82, 2.24) is 20.6 Å². The van der Waals surface area contributed by atoms with Crippen LogP contribution in [0.4, 0.5) is 0 Å². The molecule has 21 heavy (non-hydrogen) atoms. The first-order valence-corrected chi connectivity index (χ1v) is 6.86. The summed E-state index contributed by atoms with van der Waals surface area (Å²) in [6, 6.07) is 3.59. The minimum absolute atomic E-state index is 0.265. The van der Waals surface area contributed by atoms with Gasteiger partial charge in [0.15, 0.2) is 0 Å². The summed E-state index contributed by atoms with van der Waals surface area (Å²) < 4.78 is 0. The van der Waals surface area contributed by atoms with E-state index in [-0.39, 0.29) is 6.54 Å². The Morgan fingerprint density at radius 2 is 2.10 bits per heavy atom. The normalized spacial score (nSPS) is 15.4. The fourth-order valence-corrected chi connectivity index (χ4v) is 1.93. The van der Waals surface area contributed by atoms with Crippen LogP contribution in [0.1, 0.15) is 18.4 Å². The molecule has 1 aliphatic rings. The lowest BCUT2D eigenvalue weighted by atomic mass is 10.1. The van der Waals surface area contributed by atoms with E-state index in [0.29, 0.717) is 0 Å². The second kappa shape index (κ2) is 7.49. The molecule has 0 saturated carbocycles. The van der Waals surface area contributed by atoms with Gasteiger partial charge in [-0.25, -0.2) is 5.43 Å². The van der Waals surface area contributed by atoms with E-state index in [1.165, 1.54) is 0 Å². The van der Waals surface area contributed by atoms with Gasteiger partial charge in [0.05, 0.1) is 0 Å². The summed E-state index contributed by atoms with van der Waals surface area (Å²) in [4.78, 5) is 29.4. The molecular formula is C14H19N5O2. The molecule has 0 aromatic carbocycles. The molecule has 1 saturated heterocycles. The molecule has 1 aliphatic heterocycles. The van der Waals surface area contributed by atoms with E-state index in [9.17, 15) is 9.59 Å². The molecule has 1 aromatic heterocycles. The number of rotatable bonds is 3. The molecule has 2 rings (SSSR count). The van der Waals surface area contributed by atoms with Crippen LogP contribution in [0.25, 0.3) is 0 Å². The number of nitrogens with zero attached hydrogens (tertiary/aromatic N) is 3. The highest BCUT2D eigenvalue weighted by molar-refractivity contribution is 6.35. The standard InChI is InChI=1S/C14H19N5O2/c1-19-7-4-12(5-8-19)17-18-14(21)13(20)16-10-11-3-2-6-15-9-11/h2-3,6,9H,4-5,7-8,10H2,1H3,(H,16,20)(H,18,21). The average Bonchev–Trinajstić information content (AvgIpc) is 2.52. The van der Waals surface area contributed by atoms with E-state index < -0.39 is 11.8 Å². The number of aromatic nitrogens is 1. The van der Waals surface area contributed by atoms with Crippen molar-refractivity contribution in [3.8, 4) is 0 Å². The van der Waals surface area contributed by atoms with Gasteiger partial charge in [-0.2, -0.15) is 5.10 Å². The number of hydrazone groups is 1. The molecule has 0 bridgehead atoms. The maximum Gasteiger partial charge on any atom is 0.329 e. The van der Waals surface area contributed by atoms with E-state index in [4.69, 9.17) is 0 Å². The van der Waals surface area contributed by atoms with Gasteiger partial charge in [-0.1, -0.05) is 6.07 Å². The van der Waals surface area contributed by atoms with Gasteiger partial charge in [0, 0.05) is 50.6 Å². The highest BCUT2D eigenvalue weighted by Gasteiger charge is 2.15. The summed E-state index contributed by atoms with van der Waals surface area (Å²) in [5, 5.41) is 6.54. The number of carbonyl (C=O) groups is 2. The fraction of sp³-hybridized carbons (Fsp3) is 0.429. The minimum atomic E-state index is -0.745. The Morgan fingerprint density at radius 3 is 2.76 bits per heavy atom. The maximum absolute atomic E-state index is 11.6. The first-order valence-electron chi connectivity index (χ1n) is 6.86. The summed E-state index contributed by atoms with van der Waals surface area (Å²) in [7, 11) is 2.04. The van der Waals surface area contributed by atoms with Crippen molar-refractivity contribution >= 4 is 17.5 Å². The van der Waals surface area contributed by atoms with Crippen molar-refractivity contribution in [2.45, 2.75) is 19.4 Å². The largest absolute Gasteiger partial charge is 0.344 e. The third-order valence-electron chi connectivity index (χ3n) is 3.26. The molecule has 1 aromatic rings. The second-order valence-corrected chi connectivity index (χ2v) is 4.97. The number of hydrogen-bond acceptors (Lipinski definition) is 5. The van der Waals surface area contributed by atoms with E-state index in [0.717, 1.165) is 37.2 Å². The van der Waals surface area contributed by atoms with Crippen LogP contribution in [-0.2, 0) is 16.1 Å². The molecule has 0 atom stereocenters. The Bertz CT molecular complexity index is 519. The summed E-state index contributed by atoms with van der Waals surface area (Å²) >= 11 is 0. The van der Waals surface area contributed by atoms with Crippen molar-refractivity contribution < 1.29 is 9.59 Å². The summed E-state index contributed by atoms with van der Waals surface area (Å²) in [5.74, 6) is -1.44. The van der Waals surface area contributed by atoms with E-state index >= 15 is 0 Å². The molecule has 2 heterocycles. The third kappa shape index (κ3) is 4.96. The lowest BCUT2D eigenvalue weighted by molar-refractivity contribution is -0.139. The van der Waals surface area contributed by atoms with Gasteiger partial charge in [0.2, 0.25) is 0 Å². The first-order chi connectivity index (χ1) is 10.1. The molecule has 1 fully saturated rings. The Morgan fingerprint density at radius 1 is 1.33 bits per heavy atom. The number of nitrogens with one attached hydrogen (secondary N) is 2. The van der Waals surface area contributed by atoms with Crippen LogP contribution in [0.5, 0.6) is 0 Å². The Balaban J connectivity index is 1.75. The Kier molecular flexibility index (Phi) is 5.39. The van der Waals surface area contributed by atoms with E-state index in [1.54, 1.807) is 18.5 Å². The van der Waals surface area contributed by atoms with Crippen molar-refractivity contribution in [2.24, 2.45) is 5.10 Å². The number of pyridine rings is 1. The summed E-state index contributed by atoms with van der Waals surface area (Å²) in [6.45, 7) is 2.10. The van der Waals surface area contributed by atoms with Gasteiger partial charge >= 0.3 is 11.8 Å². The van der Waals surface area contributed by atoms with Gasteiger partial charge in [-0.15, -0.1) is 0 Å². The molecule has 2 N–H and O–H groups in total. The zero-order chi connectivity index (χ0) is 15.1. The highest BCUT2D eigenvalue weighted by atomic mass is 16.2. The quantitative estimate of drug-likeness (QED) is 0.601. The molecule has 7 heteroatoms. The zero-order valence-electron chi connectivity index (χ0n) is 12.0.